The molecule has 0 fully saturated rings. The van der Waals surface area contributed by atoms with Gasteiger partial charge in [0.15, 0.2) is 16.1 Å². The molecule has 0 bridgehead atoms. The van der Waals surface area contributed by atoms with Crippen LogP contribution in [0.2, 0.25) is 5.15 Å². The summed E-state index contributed by atoms with van der Waals surface area (Å²) in [5.74, 6) is 1.75. The van der Waals surface area contributed by atoms with Gasteiger partial charge in [-0.05, 0) is 6.92 Å². The van der Waals surface area contributed by atoms with Crippen LogP contribution in [-0.4, -0.2) is 17.1 Å². The molecule has 1 unspecified atom stereocenters. The summed E-state index contributed by atoms with van der Waals surface area (Å²) in [4.78, 5) is 15.2. The Kier molecular flexibility index (Phi) is 3.29. The van der Waals surface area contributed by atoms with Gasteiger partial charge >= 0.3 is 5.97 Å². The van der Waals surface area contributed by atoms with Crippen LogP contribution in [0, 0.1) is 12.3 Å². The third kappa shape index (κ3) is 2.44. The van der Waals surface area contributed by atoms with Gasteiger partial charge in [-0.25, -0.2) is 9.78 Å². The van der Waals surface area contributed by atoms with E-state index in [4.69, 9.17) is 22.8 Å². The van der Waals surface area contributed by atoms with Crippen molar-refractivity contribution in [3.8, 4) is 12.3 Å². The number of nitrogens with zero attached hydrogens (tertiary/aromatic N) is 1. The Hall–Kier alpha value is -1.05. The molecule has 1 aromatic rings. The van der Waals surface area contributed by atoms with Crippen molar-refractivity contribution in [3.63, 3.8) is 0 Å². The number of terminal acetylenes is 1. The molecule has 0 saturated carbocycles. The predicted molar refractivity (Wildman–Crippen MR) is 50.8 cm³/mol. The Morgan fingerprint density at radius 3 is 3.08 bits per heavy atom. The average Bonchev–Trinajstić information content (AvgIpc) is 2.51. The molecule has 3 nitrogen and oxygen atoms in total. The normalized spacial score (nSPS) is 11.8. The van der Waals surface area contributed by atoms with Crippen LogP contribution in [0.5, 0.6) is 0 Å². The lowest BCUT2D eigenvalue weighted by Crippen LogP contribution is -2.12. The average molecular weight is 216 g/mol. The number of aromatic nitrogens is 1. The Morgan fingerprint density at radius 1 is 1.92 bits per heavy atom. The number of carbonyl (C=O) groups excluding carboxylic acids is 1. The molecule has 0 amide bonds. The van der Waals surface area contributed by atoms with Gasteiger partial charge in [0.1, 0.15) is 0 Å². The van der Waals surface area contributed by atoms with Gasteiger partial charge in [0, 0.05) is 0 Å². The second-order valence-electron chi connectivity index (χ2n) is 2.19. The monoisotopic (exact) mass is 215 g/mol. The number of thiazole rings is 1. The van der Waals surface area contributed by atoms with Gasteiger partial charge < -0.3 is 4.74 Å². The Morgan fingerprint density at radius 2 is 2.62 bits per heavy atom. The predicted octanol–water partition coefficient (Wildman–Crippen LogP) is 1.98. The van der Waals surface area contributed by atoms with E-state index < -0.39 is 12.1 Å². The summed E-state index contributed by atoms with van der Waals surface area (Å²) in [7, 11) is 0. The van der Waals surface area contributed by atoms with Gasteiger partial charge in [-0.2, -0.15) is 0 Å². The minimum Gasteiger partial charge on any atom is -0.445 e. The largest absolute Gasteiger partial charge is 0.445 e. The van der Waals surface area contributed by atoms with Crippen LogP contribution >= 0.6 is 22.9 Å². The number of rotatable bonds is 2. The zero-order valence-electron chi connectivity index (χ0n) is 6.78. The maximum atomic E-state index is 11.3. The lowest BCUT2D eigenvalue weighted by atomic mass is 10.4. The summed E-state index contributed by atoms with van der Waals surface area (Å²) in [6.07, 6.45) is 4.49. The molecule has 0 aliphatic heterocycles. The summed E-state index contributed by atoms with van der Waals surface area (Å²) < 4.78 is 4.84. The van der Waals surface area contributed by atoms with Gasteiger partial charge in [-0.1, -0.05) is 17.5 Å². The minimum atomic E-state index is -0.550. The molecule has 0 N–H and O–H groups in total. The highest BCUT2D eigenvalue weighted by Crippen LogP contribution is 2.19. The molecule has 0 aliphatic carbocycles. The summed E-state index contributed by atoms with van der Waals surface area (Å²) >= 11 is 6.73. The first kappa shape index (κ1) is 10.0. The van der Waals surface area contributed by atoms with Crippen molar-refractivity contribution >= 4 is 28.9 Å². The number of hydrogen-bond donors (Lipinski definition) is 0. The fourth-order valence-electron chi connectivity index (χ4n) is 0.613. The highest BCUT2D eigenvalue weighted by molar-refractivity contribution is 7.12. The molecule has 5 heteroatoms. The highest BCUT2D eigenvalue weighted by atomic mass is 35.5. The molecule has 68 valence electrons. The maximum absolute atomic E-state index is 11.3. The number of hydrogen-bond acceptors (Lipinski definition) is 4. The lowest BCUT2D eigenvalue weighted by molar-refractivity contribution is 0.0444. The fraction of sp³-hybridized carbons (Fsp3) is 0.250. The lowest BCUT2D eigenvalue weighted by Gasteiger charge is -2.04. The van der Waals surface area contributed by atoms with Crippen LogP contribution < -0.4 is 0 Å². The highest BCUT2D eigenvalue weighted by Gasteiger charge is 2.16. The second-order valence-corrected chi connectivity index (χ2v) is 3.40. The van der Waals surface area contributed by atoms with E-state index in [0.717, 1.165) is 11.3 Å². The van der Waals surface area contributed by atoms with Crippen LogP contribution in [0.15, 0.2) is 5.51 Å². The molecule has 0 saturated heterocycles. The van der Waals surface area contributed by atoms with E-state index in [2.05, 4.69) is 10.9 Å². The molecule has 0 radical (unpaired) electrons. The van der Waals surface area contributed by atoms with Crippen molar-refractivity contribution in [2.24, 2.45) is 0 Å². The topological polar surface area (TPSA) is 39.2 Å². The SMILES string of the molecule is C#CC(C)OC(=O)c1scnc1Cl. The van der Waals surface area contributed by atoms with Crippen LogP contribution in [0.25, 0.3) is 0 Å². The smallest absolute Gasteiger partial charge is 0.352 e. The van der Waals surface area contributed by atoms with Gasteiger partial charge in [0.25, 0.3) is 0 Å². The van der Waals surface area contributed by atoms with Crippen LogP contribution in [0.3, 0.4) is 0 Å². The molecular formula is C8H6ClNO2S. The van der Waals surface area contributed by atoms with E-state index in [1.54, 1.807) is 6.92 Å². The van der Waals surface area contributed by atoms with Crippen molar-refractivity contribution in [1.29, 1.82) is 0 Å². The molecule has 1 rings (SSSR count). The van der Waals surface area contributed by atoms with Gasteiger partial charge in [0.2, 0.25) is 0 Å². The Bertz CT molecular complexity index is 355. The van der Waals surface area contributed by atoms with Crippen molar-refractivity contribution in [1.82, 2.24) is 4.98 Å². The number of carbonyl (C=O) groups is 1. The van der Waals surface area contributed by atoms with E-state index in [9.17, 15) is 4.79 Å². The second kappa shape index (κ2) is 4.26. The third-order valence-corrected chi connectivity index (χ3v) is 2.43. The van der Waals surface area contributed by atoms with E-state index in [0.29, 0.717) is 0 Å². The van der Waals surface area contributed by atoms with Gasteiger partial charge in [0.05, 0.1) is 5.51 Å². The van der Waals surface area contributed by atoms with Crippen molar-refractivity contribution in [2.45, 2.75) is 13.0 Å². The number of halogens is 1. The maximum Gasteiger partial charge on any atom is 0.352 e. The first-order valence-electron chi connectivity index (χ1n) is 3.41. The minimum absolute atomic E-state index is 0.152. The molecule has 0 aromatic carbocycles. The number of ether oxygens (including phenoxy) is 1. The molecule has 0 aliphatic rings. The van der Waals surface area contributed by atoms with E-state index in [1.807, 2.05) is 0 Å². The third-order valence-electron chi connectivity index (χ3n) is 1.23. The van der Waals surface area contributed by atoms with E-state index in [1.165, 1.54) is 5.51 Å². The quantitative estimate of drug-likeness (QED) is 0.559. The molecule has 1 atom stereocenters. The summed E-state index contributed by atoms with van der Waals surface area (Å²) in [5.41, 5.74) is 1.47. The standard InChI is InChI=1S/C8H6ClNO2S/c1-3-5(2)12-8(11)6-7(9)10-4-13-6/h1,4-5H,2H3. The fourth-order valence-corrected chi connectivity index (χ4v) is 1.49. The van der Waals surface area contributed by atoms with E-state index in [-0.39, 0.29) is 10.0 Å². The molecule has 0 spiro atoms. The van der Waals surface area contributed by atoms with Crippen molar-refractivity contribution in [3.05, 3.63) is 15.5 Å². The van der Waals surface area contributed by atoms with Crippen LogP contribution in [0.4, 0.5) is 0 Å². The first-order valence-corrected chi connectivity index (χ1v) is 4.67. The van der Waals surface area contributed by atoms with Crippen LogP contribution in [0.1, 0.15) is 16.6 Å². The zero-order chi connectivity index (χ0) is 9.84. The Labute approximate surface area is 84.7 Å². The van der Waals surface area contributed by atoms with Gasteiger partial charge in [-0.15, -0.1) is 17.8 Å². The molecule has 13 heavy (non-hydrogen) atoms. The van der Waals surface area contributed by atoms with Crippen LogP contribution in [-0.2, 0) is 4.74 Å². The zero-order valence-corrected chi connectivity index (χ0v) is 8.35. The van der Waals surface area contributed by atoms with Crippen molar-refractivity contribution < 1.29 is 9.53 Å². The summed E-state index contributed by atoms with van der Waals surface area (Å²) in [5, 5.41) is 0.152. The number of esters is 1. The molecular weight excluding hydrogens is 210 g/mol. The summed E-state index contributed by atoms with van der Waals surface area (Å²) in [6.45, 7) is 1.60. The molecule has 1 aromatic heterocycles. The first-order chi connectivity index (χ1) is 6.15. The van der Waals surface area contributed by atoms with Gasteiger partial charge in [-0.3, -0.25) is 0 Å². The molecule has 1 heterocycles. The van der Waals surface area contributed by atoms with E-state index >= 15 is 0 Å². The summed E-state index contributed by atoms with van der Waals surface area (Å²) in [6, 6.07) is 0. The van der Waals surface area contributed by atoms with Crippen molar-refractivity contribution in [2.75, 3.05) is 0 Å². The Balaban J connectivity index is 2.71.